The number of rotatable bonds is 7. The fraction of sp³-hybridized carbons (Fsp3) is 0.250. The Hall–Kier alpha value is -2.46. The van der Waals surface area contributed by atoms with Crippen molar-refractivity contribution in [3.63, 3.8) is 0 Å². The van der Waals surface area contributed by atoms with Gasteiger partial charge in [0, 0.05) is 12.3 Å². The van der Waals surface area contributed by atoms with Gasteiger partial charge in [-0.3, -0.25) is 9.52 Å². The zero-order valence-electron chi connectivity index (χ0n) is 14.1. The summed E-state index contributed by atoms with van der Waals surface area (Å²) >= 11 is 4.90. The minimum absolute atomic E-state index is 0.0780. The Balaban J connectivity index is 1.98. The molecule has 0 spiro atoms. The quantitative estimate of drug-likeness (QED) is 0.692. The van der Waals surface area contributed by atoms with Crippen LogP contribution in [0, 0.1) is 0 Å². The van der Waals surface area contributed by atoms with Crippen LogP contribution in [0.15, 0.2) is 42.6 Å². The number of carbonyl (C=O) groups excluding carboxylic acids is 1. The van der Waals surface area contributed by atoms with Gasteiger partial charge >= 0.3 is 5.38 Å². The molecule has 0 saturated heterocycles. The lowest BCUT2D eigenvalue weighted by molar-refractivity contribution is -0.125. The van der Waals surface area contributed by atoms with E-state index < -0.39 is 33.0 Å². The first kappa shape index (κ1) is 20.8. The van der Waals surface area contributed by atoms with Crippen LogP contribution >= 0.6 is 11.6 Å². The number of sulfonamides is 1. The zero-order chi connectivity index (χ0) is 20.2. The molecule has 0 saturated carbocycles. The van der Waals surface area contributed by atoms with Gasteiger partial charge in [0.1, 0.15) is 11.5 Å². The van der Waals surface area contributed by atoms with Crippen molar-refractivity contribution >= 4 is 27.5 Å². The molecule has 1 aromatic carbocycles. The van der Waals surface area contributed by atoms with Gasteiger partial charge in [-0.1, -0.05) is 0 Å². The van der Waals surface area contributed by atoms with Gasteiger partial charge < -0.3 is 9.47 Å². The molecule has 7 nitrogen and oxygen atoms in total. The molecule has 0 bridgehead atoms. The average molecular weight is 421 g/mol. The van der Waals surface area contributed by atoms with Crippen molar-refractivity contribution in [2.75, 3.05) is 6.26 Å². The van der Waals surface area contributed by atoms with Gasteiger partial charge in [-0.05, 0) is 48.9 Å². The Morgan fingerprint density at radius 2 is 1.78 bits per heavy atom. The summed E-state index contributed by atoms with van der Waals surface area (Å²) in [4.78, 5) is 15.4. The standard InChI is InChI=1S/C16H15ClF2N2O5S/c1-10(15(22)21-27(2,23)24)25-12-4-6-13(7-5-12)26-14-8-3-11(9-20-14)16(17,18)19/h3-10H,1-2H3,(H,21,22). The average Bonchev–Trinajstić information content (AvgIpc) is 2.55. The number of halogens is 3. The fourth-order valence-electron chi connectivity index (χ4n) is 1.84. The molecule has 146 valence electrons. The first-order valence-electron chi connectivity index (χ1n) is 7.43. The molecule has 0 aliphatic heterocycles. The molecule has 0 radical (unpaired) electrons. The van der Waals surface area contributed by atoms with Crippen LogP contribution in [0.5, 0.6) is 17.4 Å². The van der Waals surface area contributed by atoms with Gasteiger partial charge in [0.05, 0.1) is 11.8 Å². The molecule has 1 amide bonds. The molecule has 0 aliphatic carbocycles. The van der Waals surface area contributed by atoms with E-state index in [1.165, 1.54) is 37.3 Å². The van der Waals surface area contributed by atoms with Crippen LogP contribution in [-0.4, -0.2) is 31.7 Å². The van der Waals surface area contributed by atoms with Crippen LogP contribution in [0.3, 0.4) is 0 Å². The summed E-state index contributed by atoms with van der Waals surface area (Å²) in [5.41, 5.74) is -0.457. The van der Waals surface area contributed by atoms with E-state index in [1.807, 2.05) is 4.72 Å². The summed E-state index contributed by atoms with van der Waals surface area (Å²) in [6, 6.07) is 8.31. The van der Waals surface area contributed by atoms with Crippen LogP contribution in [-0.2, 0) is 20.2 Å². The van der Waals surface area contributed by atoms with E-state index in [4.69, 9.17) is 21.1 Å². The van der Waals surface area contributed by atoms with E-state index in [-0.39, 0.29) is 5.88 Å². The Morgan fingerprint density at radius 3 is 2.26 bits per heavy atom. The first-order valence-corrected chi connectivity index (χ1v) is 9.70. The van der Waals surface area contributed by atoms with E-state index in [9.17, 15) is 22.0 Å². The highest BCUT2D eigenvalue weighted by molar-refractivity contribution is 7.89. The van der Waals surface area contributed by atoms with Crippen LogP contribution in [0.2, 0.25) is 0 Å². The Bertz CT molecular complexity index is 900. The smallest absolute Gasteiger partial charge is 0.349 e. The highest BCUT2D eigenvalue weighted by atomic mass is 35.5. The normalized spacial score (nSPS) is 12.9. The first-order chi connectivity index (χ1) is 12.4. The maximum atomic E-state index is 12.9. The van der Waals surface area contributed by atoms with Crippen molar-refractivity contribution in [1.29, 1.82) is 0 Å². The monoisotopic (exact) mass is 420 g/mol. The summed E-state index contributed by atoms with van der Waals surface area (Å²) < 4.78 is 60.5. The molecular weight excluding hydrogens is 406 g/mol. The Labute approximate surface area is 159 Å². The van der Waals surface area contributed by atoms with E-state index in [0.29, 0.717) is 11.5 Å². The number of pyridine rings is 1. The van der Waals surface area contributed by atoms with E-state index in [0.717, 1.165) is 18.5 Å². The van der Waals surface area contributed by atoms with E-state index in [2.05, 4.69) is 4.98 Å². The van der Waals surface area contributed by atoms with Crippen LogP contribution < -0.4 is 14.2 Å². The summed E-state index contributed by atoms with van der Waals surface area (Å²) in [5, 5.41) is -3.51. The predicted octanol–water partition coefficient (Wildman–Crippen LogP) is 3.01. The number of aromatic nitrogens is 1. The van der Waals surface area contributed by atoms with Gasteiger partial charge in [-0.25, -0.2) is 13.4 Å². The molecular formula is C16H15ClF2N2O5S. The number of hydrogen-bond donors (Lipinski definition) is 1. The summed E-state index contributed by atoms with van der Waals surface area (Å²) in [6.45, 7) is 1.39. The number of nitrogens with zero attached hydrogens (tertiary/aromatic N) is 1. The maximum absolute atomic E-state index is 12.9. The number of nitrogens with one attached hydrogen (secondary N) is 1. The second-order valence-corrected chi connectivity index (χ2v) is 7.68. The van der Waals surface area contributed by atoms with Crippen molar-refractivity contribution in [3.8, 4) is 17.4 Å². The van der Waals surface area contributed by atoms with Crippen molar-refractivity contribution in [2.45, 2.75) is 18.4 Å². The zero-order valence-corrected chi connectivity index (χ0v) is 15.7. The second-order valence-electron chi connectivity index (χ2n) is 5.45. The lowest BCUT2D eigenvalue weighted by Crippen LogP contribution is -2.39. The van der Waals surface area contributed by atoms with Crippen molar-refractivity contribution in [2.24, 2.45) is 0 Å². The van der Waals surface area contributed by atoms with Gasteiger partial charge in [0.25, 0.3) is 5.91 Å². The van der Waals surface area contributed by atoms with Crippen molar-refractivity contribution in [3.05, 3.63) is 48.2 Å². The highest BCUT2D eigenvalue weighted by Crippen LogP contribution is 2.32. The predicted molar refractivity (Wildman–Crippen MR) is 93.6 cm³/mol. The number of benzene rings is 1. The molecule has 1 N–H and O–H groups in total. The molecule has 2 aromatic rings. The minimum atomic E-state index is -3.68. The molecule has 0 fully saturated rings. The Morgan fingerprint density at radius 1 is 1.19 bits per heavy atom. The number of ether oxygens (including phenoxy) is 2. The number of carbonyl (C=O) groups is 1. The number of amides is 1. The van der Waals surface area contributed by atoms with Crippen LogP contribution in [0.4, 0.5) is 8.78 Å². The summed E-state index contributed by atoms with van der Waals surface area (Å²) in [5.74, 6) is -0.0930. The molecule has 1 heterocycles. The molecule has 0 aliphatic rings. The lowest BCUT2D eigenvalue weighted by atomic mass is 10.3. The van der Waals surface area contributed by atoms with Gasteiger partial charge in [0.2, 0.25) is 15.9 Å². The second kappa shape index (κ2) is 8.05. The van der Waals surface area contributed by atoms with Crippen molar-refractivity contribution in [1.82, 2.24) is 9.71 Å². The molecule has 1 unspecified atom stereocenters. The fourth-order valence-corrected chi connectivity index (χ4v) is 2.48. The lowest BCUT2D eigenvalue weighted by Gasteiger charge is -2.14. The van der Waals surface area contributed by atoms with Crippen molar-refractivity contribution < 1.29 is 31.5 Å². The van der Waals surface area contributed by atoms with Gasteiger partial charge in [0.15, 0.2) is 6.10 Å². The largest absolute Gasteiger partial charge is 0.481 e. The van der Waals surface area contributed by atoms with Gasteiger partial charge in [-0.2, -0.15) is 8.78 Å². The number of hydrogen-bond acceptors (Lipinski definition) is 6. The molecule has 2 rings (SSSR count). The summed E-state index contributed by atoms with van der Waals surface area (Å²) in [6.07, 6.45) is 0.721. The van der Waals surface area contributed by atoms with Crippen LogP contribution in [0.25, 0.3) is 0 Å². The maximum Gasteiger partial charge on any atom is 0.349 e. The number of alkyl halides is 3. The highest BCUT2D eigenvalue weighted by Gasteiger charge is 2.28. The third-order valence-electron chi connectivity index (χ3n) is 3.08. The molecule has 27 heavy (non-hydrogen) atoms. The SMILES string of the molecule is CC(Oc1ccc(Oc2ccc(C(F)(F)Cl)cn2)cc1)C(=O)NS(C)(=O)=O. The van der Waals surface area contributed by atoms with Gasteiger partial charge in [-0.15, -0.1) is 0 Å². The molecule has 1 atom stereocenters. The van der Waals surface area contributed by atoms with E-state index >= 15 is 0 Å². The molecule has 11 heteroatoms. The topological polar surface area (TPSA) is 94.6 Å². The minimum Gasteiger partial charge on any atom is -0.481 e. The molecule has 1 aromatic heterocycles. The summed E-state index contributed by atoms with van der Waals surface area (Å²) in [7, 11) is -3.68. The third-order valence-corrected chi connectivity index (χ3v) is 3.87. The van der Waals surface area contributed by atoms with Crippen LogP contribution in [0.1, 0.15) is 12.5 Å². The van der Waals surface area contributed by atoms with E-state index in [1.54, 1.807) is 0 Å². The Kier molecular flexibility index (Phi) is 6.22. The third kappa shape index (κ3) is 6.65.